The molecule has 0 atom stereocenters. The predicted molar refractivity (Wildman–Crippen MR) is 99.8 cm³/mol. The van der Waals surface area contributed by atoms with Crippen LogP contribution in [-0.2, 0) is 9.59 Å². The molecule has 2 aromatic rings. The molecule has 1 saturated carbocycles. The smallest absolute Gasteiger partial charge is 0.316 e. The minimum atomic E-state index is -0.238. The monoisotopic (exact) mass is 383 g/mol. The maximum absolute atomic E-state index is 12.4. The zero-order valence-electron chi connectivity index (χ0n) is 15.4. The standard InChI is InChI=1S/C19H21N5O4/c25-14-11-27-13-3-1-2-12(16(13)21-14)17-22-23-18(28-17)20-10-15(26)24-8-6-19(4-5-19)7-9-24/h1-3H,4-11H2,(H,20,23)(H,21,25). The second-order valence-electron chi connectivity index (χ2n) is 7.66. The van der Waals surface area contributed by atoms with E-state index in [9.17, 15) is 9.59 Å². The number of fused-ring (bicyclic) bond motifs is 1. The van der Waals surface area contributed by atoms with Gasteiger partial charge in [0.2, 0.25) is 5.91 Å². The number of carbonyl (C=O) groups excluding carboxylic acids is 2. The van der Waals surface area contributed by atoms with Crippen LogP contribution in [0.4, 0.5) is 11.7 Å². The van der Waals surface area contributed by atoms with Crippen molar-refractivity contribution >= 4 is 23.5 Å². The number of amides is 2. The minimum absolute atomic E-state index is 0.0210. The molecule has 28 heavy (non-hydrogen) atoms. The van der Waals surface area contributed by atoms with Crippen LogP contribution in [0.15, 0.2) is 22.6 Å². The van der Waals surface area contributed by atoms with Crippen molar-refractivity contribution in [2.45, 2.75) is 25.7 Å². The number of para-hydroxylation sites is 1. The molecule has 2 aliphatic heterocycles. The summed E-state index contributed by atoms with van der Waals surface area (Å²) in [5, 5.41) is 13.7. The lowest BCUT2D eigenvalue weighted by Crippen LogP contribution is -2.41. The second-order valence-corrected chi connectivity index (χ2v) is 7.66. The Morgan fingerprint density at radius 2 is 2.04 bits per heavy atom. The Morgan fingerprint density at radius 1 is 1.21 bits per heavy atom. The molecule has 0 radical (unpaired) electrons. The number of hydrogen-bond acceptors (Lipinski definition) is 7. The van der Waals surface area contributed by atoms with Crippen molar-refractivity contribution in [2.75, 3.05) is 36.9 Å². The SMILES string of the molecule is O=C1COc2cccc(-c3nnc(NCC(=O)N4CCC5(CC4)CC5)o3)c2N1. The molecule has 2 amide bonds. The van der Waals surface area contributed by atoms with Gasteiger partial charge in [0.1, 0.15) is 5.75 Å². The number of piperidine rings is 1. The molecule has 1 aliphatic carbocycles. The fourth-order valence-corrected chi connectivity index (χ4v) is 3.85. The molecule has 2 N–H and O–H groups in total. The van der Waals surface area contributed by atoms with Gasteiger partial charge in [0.15, 0.2) is 6.61 Å². The van der Waals surface area contributed by atoms with E-state index in [2.05, 4.69) is 20.8 Å². The van der Waals surface area contributed by atoms with Gasteiger partial charge in [-0.05, 0) is 43.2 Å². The van der Waals surface area contributed by atoms with Gasteiger partial charge < -0.3 is 24.7 Å². The van der Waals surface area contributed by atoms with Gasteiger partial charge in [-0.15, -0.1) is 5.10 Å². The van der Waals surface area contributed by atoms with Crippen LogP contribution in [0.25, 0.3) is 11.5 Å². The minimum Gasteiger partial charge on any atom is -0.482 e. The third-order valence-corrected chi connectivity index (χ3v) is 5.83. The fraction of sp³-hybridized carbons (Fsp3) is 0.474. The first kappa shape index (κ1) is 17.0. The number of rotatable bonds is 4. The summed E-state index contributed by atoms with van der Waals surface area (Å²) in [5.41, 5.74) is 1.62. The van der Waals surface area contributed by atoms with E-state index in [1.54, 1.807) is 18.2 Å². The Hall–Kier alpha value is -3.10. The molecule has 1 spiro atoms. The average molecular weight is 383 g/mol. The molecule has 9 heteroatoms. The molecule has 9 nitrogen and oxygen atoms in total. The molecule has 1 aromatic carbocycles. The number of nitrogens with zero attached hydrogens (tertiary/aromatic N) is 3. The topological polar surface area (TPSA) is 110 Å². The zero-order chi connectivity index (χ0) is 19.1. The number of aromatic nitrogens is 2. The van der Waals surface area contributed by atoms with E-state index < -0.39 is 0 Å². The first-order chi connectivity index (χ1) is 13.6. The quantitative estimate of drug-likeness (QED) is 0.829. The molecule has 3 aliphatic rings. The normalized spacial score (nSPS) is 19.6. The second kappa shape index (κ2) is 6.50. The third-order valence-electron chi connectivity index (χ3n) is 5.83. The maximum atomic E-state index is 12.4. The molecular formula is C19H21N5O4. The van der Waals surface area contributed by atoms with Crippen LogP contribution < -0.4 is 15.4 Å². The van der Waals surface area contributed by atoms with Crippen molar-refractivity contribution in [3.63, 3.8) is 0 Å². The molecule has 5 rings (SSSR count). The highest BCUT2D eigenvalue weighted by atomic mass is 16.5. The van der Waals surface area contributed by atoms with Gasteiger partial charge in [0.05, 0.1) is 17.8 Å². The number of ether oxygens (including phenoxy) is 1. The Bertz CT molecular complexity index is 926. The highest BCUT2D eigenvalue weighted by Gasteiger charge is 2.45. The molecular weight excluding hydrogens is 362 g/mol. The lowest BCUT2D eigenvalue weighted by atomic mass is 9.94. The summed E-state index contributed by atoms with van der Waals surface area (Å²) in [6.07, 6.45) is 4.84. The van der Waals surface area contributed by atoms with Gasteiger partial charge in [-0.25, -0.2) is 0 Å². The molecule has 1 aromatic heterocycles. The van der Waals surface area contributed by atoms with Crippen LogP contribution >= 0.6 is 0 Å². The number of hydrogen-bond donors (Lipinski definition) is 2. The van der Waals surface area contributed by atoms with E-state index in [0.29, 0.717) is 22.4 Å². The third kappa shape index (κ3) is 3.17. The van der Waals surface area contributed by atoms with E-state index in [1.165, 1.54) is 12.8 Å². The van der Waals surface area contributed by atoms with Gasteiger partial charge in [-0.1, -0.05) is 11.2 Å². The largest absolute Gasteiger partial charge is 0.482 e. The summed E-state index contributed by atoms with van der Waals surface area (Å²) in [6, 6.07) is 5.48. The summed E-state index contributed by atoms with van der Waals surface area (Å²) in [4.78, 5) is 25.9. The lowest BCUT2D eigenvalue weighted by Gasteiger charge is -2.32. The van der Waals surface area contributed by atoms with Crippen LogP contribution in [0.1, 0.15) is 25.7 Å². The summed E-state index contributed by atoms with van der Waals surface area (Å²) in [5.74, 6) is 0.593. The summed E-state index contributed by atoms with van der Waals surface area (Å²) in [7, 11) is 0. The Kier molecular flexibility index (Phi) is 3.96. The predicted octanol–water partition coefficient (Wildman–Crippen LogP) is 1.88. The fourth-order valence-electron chi connectivity index (χ4n) is 3.85. The van der Waals surface area contributed by atoms with Crippen molar-refractivity contribution in [3.8, 4) is 17.2 Å². The van der Waals surface area contributed by atoms with Gasteiger partial charge in [0.25, 0.3) is 11.8 Å². The molecule has 1 saturated heterocycles. The van der Waals surface area contributed by atoms with Crippen LogP contribution in [0, 0.1) is 5.41 Å². The van der Waals surface area contributed by atoms with E-state index in [4.69, 9.17) is 9.15 Å². The van der Waals surface area contributed by atoms with Gasteiger partial charge in [0, 0.05) is 13.1 Å². The highest BCUT2D eigenvalue weighted by Crippen LogP contribution is 2.53. The van der Waals surface area contributed by atoms with Gasteiger partial charge in [-0.2, -0.15) is 0 Å². The summed E-state index contributed by atoms with van der Waals surface area (Å²) in [6.45, 7) is 1.74. The average Bonchev–Trinajstić information content (AvgIpc) is 3.29. The molecule has 146 valence electrons. The number of likely N-dealkylation sites (tertiary alicyclic amines) is 1. The number of anilines is 2. The van der Waals surface area contributed by atoms with Crippen molar-refractivity contribution < 1.29 is 18.7 Å². The Balaban J connectivity index is 1.23. The lowest BCUT2D eigenvalue weighted by molar-refractivity contribution is -0.130. The molecule has 2 fully saturated rings. The molecule has 3 heterocycles. The van der Waals surface area contributed by atoms with Crippen LogP contribution in [-0.4, -0.2) is 53.2 Å². The van der Waals surface area contributed by atoms with Gasteiger partial charge >= 0.3 is 6.01 Å². The Morgan fingerprint density at radius 3 is 2.82 bits per heavy atom. The van der Waals surface area contributed by atoms with Crippen molar-refractivity contribution in [1.82, 2.24) is 15.1 Å². The van der Waals surface area contributed by atoms with Crippen molar-refractivity contribution in [1.29, 1.82) is 0 Å². The van der Waals surface area contributed by atoms with Gasteiger partial charge in [-0.3, -0.25) is 9.59 Å². The highest BCUT2D eigenvalue weighted by molar-refractivity contribution is 5.99. The van der Waals surface area contributed by atoms with E-state index in [0.717, 1.165) is 25.9 Å². The molecule has 0 bridgehead atoms. The maximum Gasteiger partial charge on any atom is 0.316 e. The number of carbonyl (C=O) groups is 2. The number of nitrogens with one attached hydrogen (secondary N) is 2. The molecule has 0 unspecified atom stereocenters. The number of benzene rings is 1. The van der Waals surface area contributed by atoms with E-state index >= 15 is 0 Å². The summed E-state index contributed by atoms with van der Waals surface area (Å²) < 4.78 is 11.0. The van der Waals surface area contributed by atoms with Crippen LogP contribution in [0.3, 0.4) is 0 Å². The van der Waals surface area contributed by atoms with Crippen LogP contribution in [0.2, 0.25) is 0 Å². The van der Waals surface area contributed by atoms with E-state index in [-0.39, 0.29) is 36.9 Å². The first-order valence-corrected chi connectivity index (χ1v) is 9.53. The van der Waals surface area contributed by atoms with E-state index in [1.807, 2.05) is 4.90 Å². The first-order valence-electron chi connectivity index (χ1n) is 9.53. The van der Waals surface area contributed by atoms with Crippen LogP contribution in [0.5, 0.6) is 5.75 Å². The van der Waals surface area contributed by atoms with Crippen molar-refractivity contribution in [3.05, 3.63) is 18.2 Å². The Labute approximate surface area is 161 Å². The summed E-state index contributed by atoms with van der Waals surface area (Å²) >= 11 is 0. The zero-order valence-corrected chi connectivity index (χ0v) is 15.4. The van der Waals surface area contributed by atoms with Crippen molar-refractivity contribution in [2.24, 2.45) is 5.41 Å².